The van der Waals surface area contributed by atoms with Gasteiger partial charge >= 0.3 is 0 Å². The minimum atomic E-state index is 0.403. The van der Waals surface area contributed by atoms with Gasteiger partial charge in [0, 0.05) is 5.69 Å². The number of benzene rings is 2. The number of para-hydroxylation sites is 2. The van der Waals surface area contributed by atoms with E-state index in [-0.39, 0.29) is 0 Å². The van der Waals surface area contributed by atoms with Crippen molar-refractivity contribution in [3.05, 3.63) is 60.3 Å². The quantitative estimate of drug-likeness (QED) is 0.713. The van der Waals surface area contributed by atoms with E-state index in [0.29, 0.717) is 18.4 Å². The number of hydrogen-bond donors (Lipinski definition) is 2. The van der Waals surface area contributed by atoms with Gasteiger partial charge in [-0.2, -0.15) is 10.1 Å². The smallest absolute Gasteiger partial charge is 0.249 e. The van der Waals surface area contributed by atoms with E-state index in [1.54, 1.807) is 6.20 Å². The van der Waals surface area contributed by atoms with E-state index in [1.807, 2.05) is 62.4 Å². The van der Waals surface area contributed by atoms with Crippen LogP contribution in [0.4, 0.5) is 23.1 Å². The standard InChI is InChI=1S/C18H19N5O/c1-3-24-16-10-5-4-9-15(16)21-18-22-17(12-19-23-18)20-14-8-6-7-13(2)11-14/h4-12H,3H2,1-2H3,(H2,20,21,22,23). The summed E-state index contributed by atoms with van der Waals surface area (Å²) in [6.07, 6.45) is 1.59. The van der Waals surface area contributed by atoms with Crippen LogP contribution in [0.15, 0.2) is 54.7 Å². The van der Waals surface area contributed by atoms with Crippen molar-refractivity contribution in [2.45, 2.75) is 13.8 Å². The molecular weight excluding hydrogens is 302 g/mol. The monoisotopic (exact) mass is 321 g/mol. The van der Waals surface area contributed by atoms with Gasteiger partial charge in [-0.3, -0.25) is 0 Å². The fourth-order valence-electron chi connectivity index (χ4n) is 2.26. The lowest BCUT2D eigenvalue weighted by Crippen LogP contribution is -2.04. The Kier molecular flexibility index (Phi) is 4.86. The molecule has 0 fully saturated rings. The molecule has 3 rings (SSSR count). The van der Waals surface area contributed by atoms with Gasteiger partial charge in [-0.15, -0.1) is 5.10 Å². The summed E-state index contributed by atoms with van der Waals surface area (Å²) in [6.45, 7) is 4.58. The zero-order chi connectivity index (χ0) is 16.8. The van der Waals surface area contributed by atoms with Crippen LogP contribution in [-0.2, 0) is 0 Å². The molecule has 3 aromatic rings. The number of nitrogens with one attached hydrogen (secondary N) is 2. The first-order valence-corrected chi connectivity index (χ1v) is 7.77. The van der Waals surface area contributed by atoms with Crippen molar-refractivity contribution in [3.63, 3.8) is 0 Å². The van der Waals surface area contributed by atoms with Crippen molar-refractivity contribution in [3.8, 4) is 5.75 Å². The van der Waals surface area contributed by atoms with Crippen LogP contribution in [0.25, 0.3) is 0 Å². The maximum atomic E-state index is 5.59. The molecule has 0 aliphatic rings. The molecule has 24 heavy (non-hydrogen) atoms. The fraction of sp³-hybridized carbons (Fsp3) is 0.167. The Balaban J connectivity index is 1.78. The van der Waals surface area contributed by atoms with Crippen LogP contribution in [0.5, 0.6) is 5.75 Å². The van der Waals surface area contributed by atoms with Crippen LogP contribution in [0.2, 0.25) is 0 Å². The van der Waals surface area contributed by atoms with Gasteiger partial charge in [-0.1, -0.05) is 24.3 Å². The molecule has 0 atom stereocenters. The van der Waals surface area contributed by atoms with E-state index >= 15 is 0 Å². The maximum Gasteiger partial charge on any atom is 0.249 e. The Bertz CT molecular complexity index is 822. The molecular formula is C18H19N5O. The molecule has 1 heterocycles. The second kappa shape index (κ2) is 7.41. The molecule has 0 unspecified atom stereocenters. The summed E-state index contributed by atoms with van der Waals surface area (Å²) in [7, 11) is 0. The third kappa shape index (κ3) is 3.98. The highest BCUT2D eigenvalue weighted by molar-refractivity contribution is 5.63. The second-order valence-corrected chi connectivity index (χ2v) is 5.21. The Labute approximate surface area is 140 Å². The molecule has 0 bridgehead atoms. The molecule has 0 aliphatic heterocycles. The summed E-state index contributed by atoms with van der Waals surface area (Å²) in [5.41, 5.74) is 2.93. The lowest BCUT2D eigenvalue weighted by Gasteiger charge is -2.11. The van der Waals surface area contributed by atoms with Crippen molar-refractivity contribution in [2.75, 3.05) is 17.2 Å². The molecule has 0 spiro atoms. The van der Waals surface area contributed by atoms with Gasteiger partial charge in [-0.25, -0.2) is 0 Å². The molecule has 0 amide bonds. The average Bonchev–Trinajstić information content (AvgIpc) is 2.57. The molecule has 0 aliphatic carbocycles. The van der Waals surface area contributed by atoms with Crippen molar-refractivity contribution in [1.82, 2.24) is 15.2 Å². The highest BCUT2D eigenvalue weighted by Gasteiger charge is 2.06. The van der Waals surface area contributed by atoms with E-state index in [0.717, 1.165) is 17.1 Å². The van der Waals surface area contributed by atoms with Crippen LogP contribution >= 0.6 is 0 Å². The van der Waals surface area contributed by atoms with Crippen molar-refractivity contribution < 1.29 is 4.74 Å². The summed E-state index contributed by atoms with van der Waals surface area (Å²) in [5, 5.41) is 14.4. The highest BCUT2D eigenvalue weighted by Crippen LogP contribution is 2.26. The lowest BCUT2D eigenvalue weighted by atomic mass is 10.2. The molecule has 1 aromatic heterocycles. The Morgan fingerprint density at radius 1 is 1.04 bits per heavy atom. The maximum absolute atomic E-state index is 5.59. The van der Waals surface area contributed by atoms with E-state index in [9.17, 15) is 0 Å². The largest absolute Gasteiger partial charge is 0.492 e. The van der Waals surface area contributed by atoms with Crippen LogP contribution in [0.3, 0.4) is 0 Å². The summed E-state index contributed by atoms with van der Waals surface area (Å²) in [5.74, 6) is 1.77. The Hall–Kier alpha value is -3.15. The first kappa shape index (κ1) is 15.7. The Morgan fingerprint density at radius 3 is 2.75 bits per heavy atom. The molecule has 2 aromatic carbocycles. The number of hydrogen-bond acceptors (Lipinski definition) is 6. The lowest BCUT2D eigenvalue weighted by molar-refractivity contribution is 0.342. The van der Waals surface area contributed by atoms with Crippen LogP contribution in [0.1, 0.15) is 12.5 Å². The highest BCUT2D eigenvalue weighted by atomic mass is 16.5. The molecule has 6 heteroatoms. The second-order valence-electron chi connectivity index (χ2n) is 5.21. The zero-order valence-electron chi connectivity index (χ0n) is 13.7. The molecule has 122 valence electrons. The number of aryl methyl sites for hydroxylation is 1. The first-order valence-electron chi connectivity index (χ1n) is 7.77. The van der Waals surface area contributed by atoms with Crippen LogP contribution in [-0.4, -0.2) is 21.8 Å². The fourth-order valence-corrected chi connectivity index (χ4v) is 2.26. The van der Waals surface area contributed by atoms with Gasteiger partial charge in [-0.05, 0) is 43.7 Å². The summed E-state index contributed by atoms with van der Waals surface area (Å²) >= 11 is 0. The third-order valence-electron chi connectivity index (χ3n) is 3.28. The van der Waals surface area contributed by atoms with Gasteiger partial charge in [0.25, 0.3) is 0 Å². The topological polar surface area (TPSA) is 72.0 Å². The van der Waals surface area contributed by atoms with E-state index < -0.39 is 0 Å². The van der Waals surface area contributed by atoms with Gasteiger partial charge in [0.2, 0.25) is 5.95 Å². The number of rotatable bonds is 6. The van der Waals surface area contributed by atoms with Gasteiger partial charge in [0.05, 0.1) is 18.5 Å². The number of anilines is 4. The number of aromatic nitrogens is 3. The molecule has 0 saturated carbocycles. The zero-order valence-corrected chi connectivity index (χ0v) is 13.7. The minimum Gasteiger partial charge on any atom is -0.492 e. The summed E-state index contributed by atoms with van der Waals surface area (Å²) in [4.78, 5) is 4.44. The molecule has 6 nitrogen and oxygen atoms in total. The predicted octanol–water partition coefficient (Wildman–Crippen LogP) is 4.07. The SMILES string of the molecule is CCOc1ccccc1Nc1nncc(Nc2cccc(C)c2)n1. The molecule has 2 N–H and O–H groups in total. The minimum absolute atomic E-state index is 0.403. The van der Waals surface area contributed by atoms with Crippen LogP contribution in [0, 0.1) is 6.92 Å². The average molecular weight is 321 g/mol. The van der Waals surface area contributed by atoms with Crippen LogP contribution < -0.4 is 15.4 Å². The van der Waals surface area contributed by atoms with Gasteiger partial charge in [0.1, 0.15) is 5.75 Å². The summed E-state index contributed by atoms with van der Waals surface area (Å²) < 4.78 is 5.59. The van der Waals surface area contributed by atoms with E-state index in [2.05, 4.69) is 25.8 Å². The first-order chi connectivity index (χ1) is 11.7. The van der Waals surface area contributed by atoms with Crippen molar-refractivity contribution >= 4 is 23.1 Å². The predicted molar refractivity (Wildman–Crippen MR) is 95.2 cm³/mol. The molecule has 0 radical (unpaired) electrons. The van der Waals surface area contributed by atoms with E-state index in [4.69, 9.17) is 4.74 Å². The van der Waals surface area contributed by atoms with Gasteiger partial charge < -0.3 is 15.4 Å². The third-order valence-corrected chi connectivity index (χ3v) is 3.28. The number of nitrogens with zero attached hydrogens (tertiary/aromatic N) is 3. The van der Waals surface area contributed by atoms with Gasteiger partial charge in [0.15, 0.2) is 5.82 Å². The summed E-state index contributed by atoms with van der Waals surface area (Å²) in [6, 6.07) is 15.7. The van der Waals surface area contributed by atoms with Crippen molar-refractivity contribution in [1.29, 1.82) is 0 Å². The van der Waals surface area contributed by atoms with E-state index in [1.165, 1.54) is 5.56 Å². The number of ether oxygens (including phenoxy) is 1. The van der Waals surface area contributed by atoms with Crippen molar-refractivity contribution in [2.24, 2.45) is 0 Å². The normalized spacial score (nSPS) is 10.2. The molecule has 0 saturated heterocycles. The Morgan fingerprint density at radius 2 is 1.92 bits per heavy atom.